The number of hydrogen-bond acceptors (Lipinski definition) is 2. The summed E-state index contributed by atoms with van der Waals surface area (Å²) in [7, 11) is 1.77. The fourth-order valence-electron chi connectivity index (χ4n) is 1.91. The van der Waals surface area contributed by atoms with Crippen LogP contribution in [-0.2, 0) is 7.05 Å². The Kier molecular flexibility index (Phi) is 2.49. The van der Waals surface area contributed by atoms with Gasteiger partial charge in [0.2, 0.25) is 0 Å². The first-order valence-corrected chi connectivity index (χ1v) is 5.17. The van der Waals surface area contributed by atoms with Crippen molar-refractivity contribution in [3.05, 3.63) is 18.2 Å². The van der Waals surface area contributed by atoms with E-state index in [1.54, 1.807) is 30.9 Å². The Morgan fingerprint density at radius 2 is 2.12 bits per heavy atom. The van der Waals surface area contributed by atoms with Gasteiger partial charge in [0.05, 0.1) is 6.04 Å². The van der Waals surface area contributed by atoms with Crippen molar-refractivity contribution < 1.29 is 13.2 Å². The van der Waals surface area contributed by atoms with Crippen LogP contribution in [0.1, 0.15) is 31.6 Å². The molecule has 6 heteroatoms. The predicted molar refractivity (Wildman–Crippen MR) is 52.8 cm³/mol. The van der Waals surface area contributed by atoms with Crippen LogP contribution in [0.25, 0.3) is 0 Å². The molecule has 1 fully saturated rings. The van der Waals surface area contributed by atoms with E-state index in [-0.39, 0.29) is 12.8 Å². The Bertz CT molecular complexity index is 379. The van der Waals surface area contributed by atoms with E-state index in [1.165, 1.54) is 0 Å². The van der Waals surface area contributed by atoms with E-state index < -0.39 is 17.8 Å². The molecule has 1 aromatic heterocycles. The van der Waals surface area contributed by atoms with Gasteiger partial charge in [-0.2, -0.15) is 13.2 Å². The highest BCUT2D eigenvalue weighted by molar-refractivity contribution is 5.11. The van der Waals surface area contributed by atoms with Crippen molar-refractivity contribution in [2.45, 2.75) is 37.5 Å². The van der Waals surface area contributed by atoms with Crippen LogP contribution in [0.2, 0.25) is 0 Å². The van der Waals surface area contributed by atoms with Gasteiger partial charge in [-0.05, 0) is 19.8 Å². The Morgan fingerprint density at radius 3 is 2.50 bits per heavy atom. The van der Waals surface area contributed by atoms with Crippen molar-refractivity contribution in [2.24, 2.45) is 7.05 Å². The highest BCUT2D eigenvalue weighted by Gasteiger charge is 2.63. The van der Waals surface area contributed by atoms with Crippen LogP contribution in [0.5, 0.6) is 0 Å². The maximum absolute atomic E-state index is 12.7. The molecule has 1 aliphatic carbocycles. The number of aromatic nitrogens is 2. The molecule has 0 aliphatic heterocycles. The zero-order valence-electron chi connectivity index (χ0n) is 9.17. The minimum absolute atomic E-state index is 0.158. The molecule has 1 aromatic rings. The lowest BCUT2D eigenvalue weighted by atomic mass is 10.2. The van der Waals surface area contributed by atoms with Gasteiger partial charge in [-0.3, -0.25) is 5.32 Å². The molecule has 1 aliphatic rings. The van der Waals surface area contributed by atoms with Crippen molar-refractivity contribution in [1.29, 1.82) is 0 Å². The summed E-state index contributed by atoms with van der Waals surface area (Å²) in [5.74, 6) is 0.621. The summed E-state index contributed by atoms with van der Waals surface area (Å²) in [5.41, 5.74) is -1.68. The van der Waals surface area contributed by atoms with E-state index in [4.69, 9.17) is 0 Å². The molecule has 90 valence electrons. The molecule has 1 heterocycles. The number of hydrogen-bond donors (Lipinski definition) is 1. The average Bonchev–Trinajstić information content (AvgIpc) is 2.81. The Labute approximate surface area is 91.7 Å². The normalized spacial score (nSPS) is 20.8. The van der Waals surface area contributed by atoms with Gasteiger partial charge in [0.15, 0.2) is 0 Å². The predicted octanol–water partition coefficient (Wildman–Crippen LogP) is 2.17. The maximum Gasteiger partial charge on any atom is 0.406 e. The molecule has 1 saturated carbocycles. The molecule has 0 saturated heterocycles. The Balaban J connectivity index is 2.09. The zero-order valence-corrected chi connectivity index (χ0v) is 9.17. The van der Waals surface area contributed by atoms with Crippen molar-refractivity contribution in [3.8, 4) is 0 Å². The van der Waals surface area contributed by atoms with Crippen molar-refractivity contribution in [1.82, 2.24) is 14.9 Å². The molecule has 0 radical (unpaired) electrons. The van der Waals surface area contributed by atoms with Crippen LogP contribution in [0, 0.1) is 0 Å². The molecule has 0 spiro atoms. The van der Waals surface area contributed by atoms with Crippen LogP contribution in [0.15, 0.2) is 12.4 Å². The summed E-state index contributed by atoms with van der Waals surface area (Å²) in [6.45, 7) is 1.70. The van der Waals surface area contributed by atoms with Gasteiger partial charge in [0.1, 0.15) is 11.4 Å². The molecule has 2 rings (SSSR count). The number of nitrogens with one attached hydrogen (secondary N) is 1. The number of imidazole rings is 1. The van der Waals surface area contributed by atoms with Crippen molar-refractivity contribution in [2.75, 3.05) is 0 Å². The quantitative estimate of drug-likeness (QED) is 0.867. The first kappa shape index (κ1) is 11.4. The van der Waals surface area contributed by atoms with E-state index in [2.05, 4.69) is 10.3 Å². The van der Waals surface area contributed by atoms with Crippen LogP contribution in [-0.4, -0.2) is 21.3 Å². The summed E-state index contributed by atoms with van der Waals surface area (Å²) < 4.78 is 39.9. The second-order valence-electron chi connectivity index (χ2n) is 4.34. The smallest absolute Gasteiger partial charge is 0.337 e. The molecule has 0 aromatic carbocycles. The highest BCUT2D eigenvalue weighted by Crippen LogP contribution is 2.50. The molecule has 0 amide bonds. The summed E-state index contributed by atoms with van der Waals surface area (Å²) in [4.78, 5) is 4.04. The number of halogens is 3. The average molecular weight is 233 g/mol. The largest absolute Gasteiger partial charge is 0.406 e. The summed E-state index contributed by atoms with van der Waals surface area (Å²) >= 11 is 0. The van der Waals surface area contributed by atoms with Crippen LogP contribution in [0.3, 0.4) is 0 Å². The summed E-state index contributed by atoms with van der Waals surface area (Å²) in [6.07, 6.45) is -0.551. The Hall–Kier alpha value is -1.04. The van der Waals surface area contributed by atoms with E-state index in [9.17, 15) is 13.2 Å². The lowest BCUT2D eigenvalue weighted by molar-refractivity contribution is -0.167. The van der Waals surface area contributed by atoms with Gasteiger partial charge in [0, 0.05) is 19.4 Å². The second-order valence-corrected chi connectivity index (χ2v) is 4.34. The van der Waals surface area contributed by atoms with Gasteiger partial charge in [0.25, 0.3) is 0 Å². The minimum atomic E-state index is -4.17. The lowest BCUT2D eigenvalue weighted by Gasteiger charge is -2.24. The molecule has 0 bridgehead atoms. The van der Waals surface area contributed by atoms with E-state index in [1.807, 2.05) is 0 Å². The topological polar surface area (TPSA) is 29.9 Å². The minimum Gasteiger partial charge on any atom is -0.337 e. The van der Waals surface area contributed by atoms with Gasteiger partial charge in [-0.1, -0.05) is 0 Å². The monoisotopic (exact) mass is 233 g/mol. The molecule has 3 nitrogen and oxygen atoms in total. The Morgan fingerprint density at radius 1 is 1.50 bits per heavy atom. The molecule has 1 unspecified atom stereocenters. The fraction of sp³-hybridized carbons (Fsp3) is 0.700. The van der Waals surface area contributed by atoms with E-state index in [0.29, 0.717) is 5.82 Å². The summed E-state index contributed by atoms with van der Waals surface area (Å²) in [5, 5.41) is 2.64. The first-order valence-electron chi connectivity index (χ1n) is 5.17. The third-order valence-corrected chi connectivity index (χ3v) is 3.03. The third kappa shape index (κ3) is 1.81. The molecule has 1 N–H and O–H groups in total. The molecular weight excluding hydrogens is 219 g/mol. The van der Waals surface area contributed by atoms with Crippen LogP contribution in [0.4, 0.5) is 13.2 Å². The van der Waals surface area contributed by atoms with Crippen molar-refractivity contribution in [3.63, 3.8) is 0 Å². The fourth-order valence-corrected chi connectivity index (χ4v) is 1.91. The van der Waals surface area contributed by atoms with Gasteiger partial charge in [-0.15, -0.1) is 0 Å². The SMILES string of the molecule is CC(NC1(C(F)(F)F)CC1)c1nccn1C. The standard InChI is InChI=1S/C10H14F3N3/c1-7(8-14-5-6-16(8)2)15-9(3-4-9)10(11,12)13/h5-7,15H,3-4H2,1-2H3. The van der Waals surface area contributed by atoms with Crippen LogP contribution >= 0.6 is 0 Å². The van der Waals surface area contributed by atoms with Crippen molar-refractivity contribution >= 4 is 0 Å². The zero-order chi connectivity index (χ0) is 12.0. The van der Waals surface area contributed by atoms with Gasteiger partial charge < -0.3 is 4.57 Å². The number of rotatable bonds is 3. The lowest BCUT2D eigenvalue weighted by Crippen LogP contribution is -2.46. The first-order chi connectivity index (χ1) is 7.36. The maximum atomic E-state index is 12.7. The molecular formula is C10H14F3N3. The number of nitrogens with zero attached hydrogens (tertiary/aromatic N) is 2. The molecule has 16 heavy (non-hydrogen) atoms. The number of aryl methyl sites for hydroxylation is 1. The summed E-state index contributed by atoms with van der Waals surface area (Å²) in [6, 6.07) is -0.399. The van der Waals surface area contributed by atoms with Gasteiger partial charge in [-0.25, -0.2) is 4.98 Å². The second kappa shape index (κ2) is 3.48. The van der Waals surface area contributed by atoms with Crippen LogP contribution < -0.4 is 5.32 Å². The van der Waals surface area contributed by atoms with E-state index >= 15 is 0 Å². The molecule has 1 atom stereocenters. The highest BCUT2D eigenvalue weighted by atomic mass is 19.4. The van der Waals surface area contributed by atoms with Gasteiger partial charge >= 0.3 is 6.18 Å². The van der Waals surface area contributed by atoms with E-state index in [0.717, 1.165) is 0 Å². The number of alkyl halides is 3. The third-order valence-electron chi connectivity index (χ3n) is 3.03.